The van der Waals surface area contributed by atoms with E-state index in [2.05, 4.69) is 41.8 Å². The van der Waals surface area contributed by atoms with Gasteiger partial charge in [0.05, 0.1) is 10.2 Å². The summed E-state index contributed by atoms with van der Waals surface area (Å²) in [6.07, 6.45) is 2.10. The molecule has 0 saturated heterocycles. The molecule has 3 aromatic rings. The highest BCUT2D eigenvalue weighted by atomic mass is 32.2. The van der Waals surface area contributed by atoms with Crippen LogP contribution in [0.25, 0.3) is 10.2 Å². The number of aryl methyl sites for hydroxylation is 3. The Kier molecular flexibility index (Phi) is 6.07. The van der Waals surface area contributed by atoms with E-state index in [0.29, 0.717) is 5.56 Å². The largest absolute Gasteiger partial charge is 0.378 e. The van der Waals surface area contributed by atoms with Gasteiger partial charge >= 0.3 is 0 Å². The summed E-state index contributed by atoms with van der Waals surface area (Å²) in [5.41, 5.74) is 5.36. The predicted octanol–water partition coefficient (Wildman–Crippen LogP) is 4.49. The maximum atomic E-state index is 12.7. The van der Waals surface area contributed by atoms with Crippen molar-refractivity contribution in [2.45, 2.75) is 20.4 Å². The smallest absolute Gasteiger partial charge is 0.279 e. The number of nitrogens with zero attached hydrogens (tertiary/aromatic N) is 3. The standard InChI is InChI=1S/C21H25N3OS2/c1-14-12-18-19(13-15(14)2)27-21(24(18)10-11-26-5)22-20(25)16-6-8-17(9-7-16)23(3)4/h6-9,12-13H,10-11H2,1-5H3. The van der Waals surface area contributed by atoms with E-state index in [-0.39, 0.29) is 5.91 Å². The lowest BCUT2D eigenvalue weighted by Crippen LogP contribution is -2.18. The Bertz CT molecular complexity index is 1030. The summed E-state index contributed by atoms with van der Waals surface area (Å²) in [7, 11) is 3.97. The molecule has 3 rings (SSSR count). The molecule has 0 aliphatic carbocycles. The minimum Gasteiger partial charge on any atom is -0.378 e. The van der Waals surface area contributed by atoms with Crippen molar-refractivity contribution in [2.75, 3.05) is 31.0 Å². The van der Waals surface area contributed by atoms with E-state index in [1.165, 1.54) is 15.8 Å². The second-order valence-corrected chi connectivity index (χ2v) is 8.79. The third kappa shape index (κ3) is 4.28. The van der Waals surface area contributed by atoms with Crippen molar-refractivity contribution >= 4 is 44.9 Å². The zero-order valence-corrected chi connectivity index (χ0v) is 18.1. The lowest BCUT2D eigenvalue weighted by atomic mass is 10.1. The fourth-order valence-electron chi connectivity index (χ4n) is 2.86. The van der Waals surface area contributed by atoms with Crippen LogP contribution in [0.4, 0.5) is 5.69 Å². The Morgan fingerprint density at radius 1 is 1.15 bits per heavy atom. The zero-order chi connectivity index (χ0) is 19.6. The number of carbonyl (C=O) groups excluding carboxylic acids is 1. The van der Waals surface area contributed by atoms with Gasteiger partial charge in [-0.3, -0.25) is 4.79 Å². The maximum Gasteiger partial charge on any atom is 0.279 e. The van der Waals surface area contributed by atoms with Crippen LogP contribution in [0, 0.1) is 13.8 Å². The molecule has 0 unspecified atom stereocenters. The van der Waals surface area contributed by atoms with Crippen molar-refractivity contribution in [1.82, 2.24) is 4.57 Å². The van der Waals surface area contributed by atoms with Gasteiger partial charge in [-0.2, -0.15) is 16.8 Å². The molecular formula is C21H25N3OS2. The van der Waals surface area contributed by atoms with Crippen LogP contribution >= 0.6 is 23.1 Å². The van der Waals surface area contributed by atoms with Gasteiger partial charge in [-0.25, -0.2) is 0 Å². The molecule has 4 nitrogen and oxygen atoms in total. The summed E-state index contributed by atoms with van der Waals surface area (Å²) < 4.78 is 3.35. The highest BCUT2D eigenvalue weighted by molar-refractivity contribution is 7.98. The van der Waals surface area contributed by atoms with Gasteiger partial charge in [0.25, 0.3) is 5.91 Å². The molecule has 2 aromatic carbocycles. The first kappa shape index (κ1) is 19.7. The van der Waals surface area contributed by atoms with Gasteiger partial charge in [0.2, 0.25) is 0 Å². The Hall–Kier alpha value is -2.05. The van der Waals surface area contributed by atoms with Crippen molar-refractivity contribution in [2.24, 2.45) is 4.99 Å². The van der Waals surface area contributed by atoms with E-state index >= 15 is 0 Å². The van der Waals surface area contributed by atoms with Crippen LogP contribution in [0.5, 0.6) is 0 Å². The molecule has 0 bridgehead atoms. The summed E-state index contributed by atoms with van der Waals surface area (Å²) in [5, 5.41) is 0. The Labute approximate surface area is 168 Å². The summed E-state index contributed by atoms with van der Waals surface area (Å²) >= 11 is 3.38. The zero-order valence-electron chi connectivity index (χ0n) is 16.4. The molecule has 0 aliphatic rings. The quantitative estimate of drug-likeness (QED) is 0.634. The second-order valence-electron chi connectivity index (χ2n) is 6.79. The molecule has 142 valence electrons. The number of hydrogen-bond acceptors (Lipinski definition) is 4. The maximum absolute atomic E-state index is 12.7. The number of amides is 1. The van der Waals surface area contributed by atoms with Gasteiger partial charge in [-0.05, 0) is 67.6 Å². The van der Waals surface area contributed by atoms with Gasteiger partial charge in [0, 0.05) is 37.6 Å². The monoisotopic (exact) mass is 399 g/mol. The summed E-state index contributed by atoms with van der Waals surface area (Å²) in [6, 6.07) is 12.0. The van der Waals surface area contributed by atoms with Crippen LogP contribution < -0.4 is 9.70 Å². The highest BCUT2D eigenvalue weighted by Crippen LogP contribution is 2.22. The number of hydrogen-bond donors (Lipinski definition) is 0. The van der Waals surface area contributed by atoms with Gasteiger partial charge < -0.3 is 9.47 Å². The molecule has 0 spiro atoms. The SMILES string of the molecule is CSCCn1c(=NC(=O)c2ccc(N(C)C)cc2)sc2cc(C)c(C)cc21. The number of thiazole rings is 1. The third-order valence-corrected chi connectivity index (χ3v) is 6.28. The molecule has 0 atom stereocenters. The van der Waals surface area contributed by atoms with Gasteiger partial charge in [-0.1, -0.05) is 11.3 Å². The van der Waals surface area contributed by atoms with Gasteiger partial charge in [0.1, 0.15) is 0 Å². The lowest BCUT2D eigenvalue weighted by molar-refractivity contribution is 0.0998. The predicted molar refractivity (Wildman–Crippen MR) is 118 cm³/mol. The first-order chi connectivity index (χ1) is 12.9. The van der Waals surface area contributed by atoms with E-state index in [1.54, 1.807) is 23.1 Å². The third-order valence-electron chi connectivity index (χ3n) is 4.65. The van der Waals surface area contributed by atoms with E-state index in [4.69, 9.17) is 0 Å². The normalized spacial score (nSPS) is 12.0. The minimum atomic E-state index is -0.196. The van der Waals surface area contributed by atoms with Crippen molar-refractivity contribution < 1.29 is 4.79 Å². The molecule has 1 heterocycles. The molecule has 0 saturated carbocycles. The molecular weight excluding hydrogens is 374 g/mol. The number of fused-ring (bicyclic) bond motifs is 1. The van der Waals surface area contributed by atoms with Crippen LogP contribution in [-0.4, -0.2) is 36.6 Å². The molecule has 0 fully saturated rings. The molecule has 0 aliphatic heterocycles. The Morgan fingerprint density at radius 3 is 2.44 bits per heavy atom. The van der Waals surface area contributed by atoms with Gasteiger partial charge in [0.15, 0.2) is 4.80 Å². The number of anilines is 1. The number of benzene rings is 2. The van der Waals surface area contributed by atoms with Crippen LogP contribution in [0.3, 0.4) is 0 Å². The lowest BCUT2D eigenvalue weighted by Gasteiger charge is -2.11. The fraction of sp³-hybridized carbons (Fsp3) is 0.333. The van der Waals surface area contributed by atoms with Gasteiger partial charge in [-0.15, -0.1) is 0 Å². The number of carbonyl (C=O) groups is 1. The number of rotatable bonds is 5. The summed E-state index contributed by atoms with van der Waals surface area (Å²) in [6.45, 7) is 5.09. The summed E-state index contributed by atoms with van der Waals surface area (Å²) in [4.78, 5) is 20.0. The minimum absolute atomic E-state index is 0.196. The first-order valence-electron chi connectivity index (χ1n) is 8.86. The molecule has 0 N–H and O–H groups in total. The summed E-state index contributed by atoms with van der Waals surface area (Å²) in [5.74, 6) is 0.788. The second kappa shape index (κ2) is 8.31. The molecule has 1 amide bonds. The molecule has 0 radical (unpaired) electrons. The Balaban J connectivity index is 2.06. The van der Waals surface area contributed by atoms with Crippen molar-refractivity contribution in [1.29, 1.82) is 0 Å². The van der Waals surface area contributed by atoms with Crippen LogP contribution in [0.15, 0.2) is 41.4 Å². The molecule has 27 heavy (non-hydrogen) atoms. The van der Waals surface area contributed by atoms with E-state index in [0.717, 1.165) is 28.3 Å². The van der Waals surface area contributed by atoms with Crippen molar-refractivity contribution in [3.63, 3.8) is 0 Å². The van der Waals surface area contributed by atoms with Crippen LogP contribution in [0.1, 0.15) is 21.5 Å². The fourth-order valence-corrected chi connectivity index (χ4v) is 4.36. The molecule has 6 heteroatoms. The highest BCUT2D eigenvalue weighted by Gasteiger charge is 2.11. The number of aromatic nitrogens is 1. The van der Waals surface area contributed by atoms with E-state index in [1.807, 2.05) is 43.3 Å². The Morgan fingerprint density at radius 2 is 1.81 bits per heavy atom. The average Bonchev–Trinajstić information content (AvgIpc) is 2.96. The topological polar surface area (TPSA) is 37.6 Å². The van der Waals surface area contributed by atoms with E-state index in [9.17, 15) is 4.79 Å². The first-order valence-corrected chi connectivity index (χ1v) is 11.1. The van der Waals surface area contributed by atoms with Crippen LogP contribution in [-0.2, 0) is 6.54 Å². The molecule has 1 aromatic heterocycles. The van der Waals surface area contributed by atoms with Crippen molar-refractivity contribution in [3.05, 3.63) is 57.9 Å². The average molecular weight is 400 g/mol. The van der Waals surface area contributed by atoms with E-state index < -0.39 is 0 Å². The number of thioether (sulfide) groups is 1. The van der Waals surface area contributed by atoms with Crippen LogP contribution in [0.2, 0.25) is 0 Å². The van der Waals surface area contributed by atoms with Crippen molar-refractivity contribution in [3.8, 4) is 0 Å².